The zero-order valence-corrected chi connectivity index (χ0v) is 19.3. The van der Waals surface area contributed by atoms with Gasteiger partial charge in [-0.25, -0.2) is 9.78 Å². The van der Waals surface area contributed by atoms with Crippen LogP contribution >= 0.6 is 23.2 Å². The van der Waals surface area contributed by atoms with Gasteiger partial charge in [-0.1, -0.05) is 40.5 Å². The number of halogens is 2. The van der Waals surface area contributed by atoms with Crippen molar-refractivity contribution in [2.24, 2.45) is 5.16 Å². The number of esters is 1. The summed E-state index contributed by atoms with van der Waals surface area (Å²) >= 11 is 12.6. The number of ether oxygens (including phenoxy) is 2. The van der Waals surface area contributed by atoms with Gasteiger partial charge in [-0.15, -0.1) is 0 Å². The number of nitrogens with zero attached hydrogens (tertiary/aromatic N) is 2. The lowest BCUT2D eigenvalue weighted by Gasteiger charge is -2.19. The summed E-state index contributed by atoms with van der Waals surface area (Å²) in [4.78, 5) is 33.3. The zero-order valence-electron chi connectivity index (χ0n) is 17.8. The molecule has 10 heteroatoms. The Hall–Kier alpha value is -2.84. The fourth-order valence-corrected chi connectivity index (χ4v) is 2.92. The van der Waals surface area contributed by atoms with Crippen LogP contribution in [-0.2, 0) is 21.0 Å². The van der Waals surface area contributed by atoms with Crippen molar-refractivity contribution in [1.29, 1.82) is 0 Å². The average Bonchev–Trinajstić information content (AvgIpc) is 2.70. The lowest BCUT2D eigenvalue weighted by Crippen LogP contribution is -2.29. The van der Waals surface area contributed by atoms with Crippen LogP contribution in [-0.4, -0.2) is 42.3 Å². The van der Waals surface area contributed by atoms with Crippen molar-refractivity contribution in [1.82, 2.24) is 10.3 Å². The topological polar surface area (TPSA) is 99.1 Å². The van der Waals surface area contributed by atoms with Crippen LogP contribution in [0.1, 0.15) is 42.3 Å². The molecule has 0 fully saturated rings. The number of nitrogens with one attached hydrogen (secondary N) is 1. The molecule has 166 valence electrons. The molecule has 0 bridgehead atoms. The average molecular weight is 468 g/mol. The summed E-state index contributed by atoms with van der Waals surface area (Å²) in [5, 5.41) is 6.77. The normalized spacial score (nSPS) is 11.6. The van der Waals surface area contributed by atoms with Crippen LogP contribution in [0.25, 0.3) is 0 Å². The SMILES string of the molecule is CNC(=O)/C(=N/OC)c1cccc(Cl)c1COc1ncc(C(=O)OC(C)(C)C)cc1Cl. The van der Waals surface area contributed by atoms with Gasteiger partial charge < -0.3 is 19.6 Å². The highest BCUT2D eigenvalue weighted by atomic mass is 35.5. The van der Waals surface area contributed by atoms with E-state index in [1.807, 2.05) is 0 Å². The minimum Gasteiger partial charge on any atom is -0.472 e. The number of hydrogen-bond acceptors (Lipinski definition) is 7. The molecule has 1 aromatic heterocycles. The first-order valence-corrected chi connectivity index (χ1v) is 9.95. The van der Waals surface area contributed by atoms with E-state index in [9.17, 15) is 9.59 Å². The Kier molecular flexibility index (Phi) is 8.24. The lowest BCUT2D eigenvalue weighted by molar-refractivity contribution is -0.114. The largest absolute Gasteiger partial charge is 0.472 e. The molecule has 1 heterocycles. The number of carbonyl (C=O) groups excluding carboxylic acids is 2. The molecule has 0 aliphatic carbocycles. The summed E-state index contributed by atoms with van der Waals surface area (Å²) in [5.41, 5.74) is 0.490. The van der Waals surface area contributed by atoms with Gasteiger partial charge in [0.15, 0.2) is 5.71 Å². The second-order valence-electron chi connectivity index (χ2n) is 7.27. The predicted octanol–water partition coefficient (Wildman–Crippen LogP) is 4.02. The molecule has 0 aliphatic heterocycles. The second kappa shape index (κ2) is 10.5. The third kappa shape index (κ3) is 6.57. The van der Waals surface area contributed by atoms with Gasteiger partial charge in [0, 0.05) is 29.4 Å². The minimum absolute atomic E-state index is 0.0328. The van der Waals surface area contributed by atoms with Crippen LogP contribution in [0.2, 0.25) is 10.0 Å². The summed E-state index contributed by atoms with van der Waals surface area (Å²) in [7, 11) is 2.81. The molecule has 0 unspecified atom stereocenters. The molecule has 2 rings (SSSR count). The number of likely N-dealkylation sites (N-methyl/N-ethyl adjacent to an activating group) is 1. The molecule has 2 aromatic rings. The molecule has 1 N–H and O–H groups in total. The van der Waals surface area contributed by atoms with E-state index in [0.717, 1.165) is 0 Å². The fourth-order valence-electron chi connectivity index (χ4n) is 2.47. The summed E-state index contributed by atoms with van der Waals surface area (Å²) in [5.74, 6) is -0.916. The second-order valence-corrected chi connectivity index (χ2v) is 8.08. The number of amides is 1. The smallest absolute Gasteiger partial charge is 0.340 e. The summed E-state index contributed by atoms with van der Waals surface area (Å²) < 4.78 is 11.0. The van der Waals surface area contributed by atoms with Crippen LogP contribution in [0.5, 0.6) is 5.88 Å². The van der Waals surface area contributed by atoms with Gasteiger partial charge >= 0.3 is 5.97 Å². The fraction of sp³-hybridized carbons (Fsp3) is 0.333. The maximum atomic E-state index is 12.2. The standard InChI is InChI=1S/C21H23Cl2N3O5/c1-21(2,3)31-20(28)12-9-16(23)19(25-10-12)30-11-14-13(7-6-8-15(14)22)17(26-29-5)18(27)24-4/h6-10H,11H2,1-5H3,(H,24,27)/b26-17+. The van der Waals surface area contributed by atoms with E-state index in [1.165, 1.54) is 26.4 Å². The van der Waals surface area contributed by atoms with Gasteiger partial charge in [0.25, 0.3) is 5.91 Å². The number of pyridine rings is 1. The Balaban J connectivity index is 2.29. The molecule has 1 aromatic carbocycles. The van der Waals surface area contributed by atoms with Crippen molar-refractivity contribution in [2.75, 3.05) is 14.2 Å². The highest BCUT2D eigenvalue weighted by molar-refractivity contribution is 6.46. The molecular formula is C21H23Cl2N3O5. The van der Waals surface area contributed by atoms with E-state index in [2.05, 4.69) is 15.5 Å². The van der Waals surface area contributed by atoms with E-state index in [1.54, 1.807) is 39.0 Å². The van der Waals surface area contributed by atoms with Crippen LogP contribution in [0.15, 0.2) is 35.6 Å². The number of rotatable bonds is 7. The van der Waals surface area contributed by atoms with Gasteiger partial charge in [0.2, 0.25) is 5.88 Å². The maximum absolute atomic E-state index is 12.2. The molecule has 31 heavy (non-hydrogen) atoms. The number of benzene rings is 1. The summed E-state index contributed by atoms with van der Waals surface area (Å²) in [6.45, 7) is 5.23. The number of oxime groups is 1. The van der Waals surface area contributed by atoms with E-state index in [0.29, 0.717) is 16.1 Å². The molecule has 0 saturated carbocycles. The number of carbonyl (C=O) groups is 2. The molecule has 8 nitrogen and oxygen atoms in total. The van der Waals surface area contributed by atoms with Crippen LogP contribution in [0.3, 0.4) is 0 Å². The molecular weight excluding hydrogens is 445 g/mol. The van der Waals surface area contributed by atoms with Crippen molar-refractivity contribution < 1.29 is 23.9 Å². The molecule has 0 spiro atoms. The van der Waals surface area contributed by atoms with Crippen molar-refractivity contribution >= 4 is 40.8 Å². The van der Waals surface area contributed by atoms with Gasteiger partial charge in [-0.2, -0.15) is 0 Å². The maximum Gasteiger partial charge on any atom is 0.340 e. The Labute approximate surface area is 190 Å². The highest BCUT2D eigenvalue weighted by Crippen LogP contribution is 2.27. The first kappa shape index (κ1) is 24.4. The van der Waals surface area contributed by atoms with E-state index in [-0.39, 0.29) is 28.8 Å². The van der Waals surface area contributed by atoms with Gasteiger partial charge in [-0.05, 0) is 32.9 Å². The molecule has 0 atom stereocenters. The minimum atomic E-state index is -0.647. The zero-order chi connectivity index (χ0) is 23.2. The van der Waals surface area contributed by atoms with Crippen molar-refractivity contribution in [3.05, 3.63) is 57.2 Å². The summed E-state index contributed by atoms with van der Waals surface area (Å²) in [6.07, 6.45) is 1.31. The van der Waals surface area contributed by atoms with E-state index >= 15 is 0 Å². The van der Waals surface area contributed by atoms with Gasteiger partial charge in [-0.3, -0.25) is 4.79 Å². The lowest BCUT2D eigenvalue weighted by atomic mass is 10.0. The van der Waals surface area contributed by atoms with E-state index in [4.69, 9.17) is 37.5 Å². The first-order chi connectivity index (χ1) is 14.6. The first-order valence-electron chi connectivity index (χ1n) is 9.20. The van der Waals surface area contributed by atoms with Crippen molar-refractivity contribution in [3.63, 3.8) is 0 Å². The Morgan fingerprint density at radius 1 is 1.19 bits per heavy atom. The monoisotopic (exact) mass is 467 g/mol. The Bertz CT molecular complexity index is 1000. The van der Waals surface area contributed by atoms with Crippen molar-refractivity contribution in [2.45, 2.75) is 33.0 Å². The predicted molar refractivity (Wildman–Crippen MR) is 118 cm³/mol. The third-order valence-corrected chi connectivity index (χ3v) is 4.42. The molecule has 1 amide bonds. The number of hydrogen-bond donors (Lipinski definition) is 1. The Morgan fingerprint density at radius 2 is 1.90 bits per heavy atom. The van der Waals surface area contributed by atoms with Crippen molar-refractivity contribution in [3.8, 4) is 5.88 Å². The molecule has 0 saturated heterocycles. The highest BCUT2D eigenvalue weighted by Gasteiger charge is 2.22. The summed E-state index contributed by atoms with van der Waals surface area (Å²) in [6, 6.07) is 6.40. The number of aromatic nitrogens is 1. The molecule has 0 aliphatic rings. The van der Waals surface area contributed by atoms with Crippen LogP contribution in [0.4, 0.5) is 0 Å². The third-order valence-electron chi connectivity index (χ3n) is 3.79. The van der Waals surface area contributed by atoms with Gasteiger partial charge in [0.05, 0.1) is 5.56 Å². The van der Waals surface area contributed by atoms with Gasteiger partial charge in [0.1, 0.15) is 24.3 Å². The van der Waals surface area contributed by atoms with Crippen LogP contribution < -0.4 is 10.1 Å². The quantitative estimate of drug-likeness (QED) is 0.375. The molecule has 0 radical (unpaired) electrons. The van der Waals surface area contributed by atoms with Crippen LogP contribution in [0, 0.1) is 0 Å². The van der Waals surface area contributed by atoms with E-state index < -0.39 is 17.5 Å². The Morgan fingerprint density at radius 3 is 2.48 bits per heavy atom.